The number of nitrogens with zero attached hydrogens (tertiary/aromatic N) is 1. The van der Waals surface area contributed by atoms with E-state index in [4.69, 9.17) is 9.47 Å². The predicted octanol–water partition coefficient (Wildman–Crippen LogP) is 5.72. The zero-order valence-electron chi connectivity index (χ0n) is 22.8. The van der Waals surface area contributed by atoms with Crippen molar-refractivity contribution in [2.45, 2.75) is 58.5 Å². The molecule has 0 bridgehead atoms. The second kappa shape index (κ2) is 15.5. The third-order valence-corrected chi connectivity index (χ3v) is 6.41. The average Bonchev–Trinajstić information content (AvgIpc) is 2.94. The minimum absolute atomic E-state index is 0.0769. The highest BCUT2D eigenvalue weighted by Gasteiger charge is 2.30. The summed E-state index contributed by atoms with van der Waals surface area (Å²) in [5, 5.41) is 3.06. The fraction of sp³-hybridized carbons (Fsp3) is 0.375. The second-order valence-corrected chi connectivity index (χ2v) is 9.49. The molecule has 0 aromatic heterocycles. The Labute approximate surface area is 227 Å². The Balaban J connectivity index is 1.79. The van der Waals surface area contributed by atoms with E-state index in [1.807, 2.05) is 85.8 Å². The van der Waals surface area contributed by atoms with Gasteiger partial charge in [0.2, 0.25) is 11.8 Å². The van der Waals surface area contributed by atoms with Gasteiger partial charge in [-0.15, -0.1) is 0 Å². The maximum Gasteiger partial charge on any atom is 0.243 e. The van der Waals surface area contributed by atoms with E-state index >= 15 is 0 Å². The highest BCUT2D eigenvalue weighted by Crippen LogP contribution is 2.20. The van der Waals surface area contributed by atoms with E-state index in [0.717, 1.165) is 29.7 Å². The molecule has 3 rings (SSSR count). The number of carbonyl (C=O) groups excluding carboxylic acids is 2. The first-order valence-electron chi connectivity index (χ1n) is 13.4. The van der Waals surface area contributed by atoms with Crippen LogP contribution < -0.4 is 14.8 Å². The molecular formula is C32H40N2O4. The van der Waals surface area contributed by atoms with Crippen molar-refractivity contribution in [2.24, 2.45) is 0 Å². The Morgan fingerprint density at radius 1 is 0.895 bits per heavy atom. The van der Waals surface area contributed by atoms with Crippen LogP contribution in [0.3, 0.4) is 0 Å². The number of rotatable bonds is 15. The Hall–Kier alpha value is -3.80. The van der Waals surface area contributed by atoms with Crippen LogP contribution in [0.5, 0.6) is 11.5 Å². The Morgan fingerprint density at radius 2 is 1.63 bits per heavy atom. The molecule has 0 aliphatic carbocycles. The van der Waals surface area contributed by atoms with Gasteiger partial charge in [0.05, 0.1) is 13.7 Å². The average molecular weight is 517 g/mol. The number of nitrogens with one attached hydrogen (secondary N) is 1. The summed E-state index contributed by atoms with van der Waals surface area (Å²) in [6.45, 7) is 5.45. The topological polar surface area (TPSA) is 67.9 Å². The molecule has 0 spiro atoms. The molecular weight excluding hydrogens is 476 g/mol. The van der Waals surface area contributed by atoms with Gasteiger partial charge in [0.15, 0.2) is 0 Å². The number of amides is 2. The molecule has 0 heterocycles. The molecule has 0 aliphatic rings. The number of methoxy groups -OCH3 is 1. The fourth-order valence-corrected chi connectivity index (χ4v) is 4.22. The van der Waals surface area contributed by atoms with Crippen LogP contribution >= 0.6 is 0 Å². The maximum absolute atomic E-state index is 13.7. The molecule has 38 heavy (non-hydrogen) atoms. The van der Waals surface area contributed by atoms with Crippen molar-refractivity contribution in [1.82, 2.24) is 10.2 Å². The van der Waals surface area contributed by atoms with Crippen molar-refractivity contribution in [3.63, 3.8) is 0 Å². The first kappa shape index (κ1) is 28.8. The molecule has 202 valence electrons. The van der Waals surface area contributed by atoms with Gasteiger partial charge in [-0.2, -0.15) is 0 Å². The fourth-order valence-electron chi connectivity index (χ4n) is 4.22. The Kier molecular flexibility index (Phi) is 11.7. The van der Waals surface area contributed by atoms with Crippen molar-refractivity contribution in [2.75, 3.05) is 20.3 Å². The highest BCUT2D eigenvalue weighted by molar-refractivity contribution is 5.88. The van der Waals surface area contributed by atoms with Crippen LogP contribution in [-0.4, -0.2) is 43.0 Å². The van der Waals surface area contributed by atoms with Gasteiger partial charge in [-0.25, -0.2) is 0 Å². The van der Waals surface area contributed by atoms with Gasteiger partial charge in [0, 0.05) is 25.9 Å². The standard InChI is InChI=1S/C32H40N2O4/c1-4-5-20-33-32(36)30(23-26-11-7-6-8-12-26)34(24-27-13-9-14-29(22-27)37-3)31(35)15-10-21-38-28-18-16-25(2)17-19-28/h6-9,11-14,16-19,22,30H,4-5,10,15,20-21,23-24H2,1-3H3,(H,33,36). The number of unbranched alkanes of at least 4 members (excludes halogenated alkanes) is 1. The van der Waals surface area contributed by atoms with E-state index in [1.54, 1.807) is 12.0 Å². The van der Waals surface area contributed by atoms with Crippen molar-refractivity contribution in [3.8, 4) is 11.5 Å². The monoisotopic (exact) mass is 516 g/mol. The highest BCUT2D eigenvalue weighted by atomic mass is 16.5. The van der Waals surface area contributed by atoms with Crippen LogP contribution in [0, 0.1) is 6.92 Å². The molecule has 1 unspecified atom stereocenters. The van der Waals surface area contributed by atoms with Crippen LogP contribution in [0.2, 0.25) is 0 Å². The lowest BCUT2D eigenvalue weighted by atomic mass is 10.0. The summed E-state index contributed by atoms with van der Waals surface area (Å²) in [7, 11) is 1.62. The second-order valence-electron chi connectivity index (χ2n) is 9.49. The SMILES string of the molecule is CCCCNC(=O)C(Cc1ccccc1)N(Cc1cccc(OC)c1)C(=O)CCCOc1ccc(C)cc1. The molecule has 1 atom stereocenters. The quantitative estimate of drug-likeness (QED) is 0.262. The Morgan fingerprint density at radius 3 is 2.34 bits per heavy atom. The molecule has 0 radical (unpaired) electrons. The van der Waals surface area contributed by atoms with E-state index in [0.29, 0.717) is 38.3 Å². The van der Waals surface area contributed by atoms with Gasteiger partial charge in [0.1, 0.15) is 17.5 Å². The Bertz CT molecular complexity index is 1130. The molecule has 1 N–H and O–H groups in total. The van der Waals surface area contributed by atoms with E-state index in [-0.39, 0.29) is 18.2 Å². The number of carbonyl (C=O) groups is 2. The van der Waals surface area contributed by atoms with Crippen molar-refractivity contribution in [3.05, 3.63) is 95.6 Å². The first-order valence-corrected chi connectivity index (χ1v) is 13.4. The smallest absolute Gasteiger partial charge is 0.243 e. The predicted molar refractivity (Wildman–Crippen MR) is 151 cm³/mol. The normalized spacial score (nSPS) is 11.4. The number of benzene rings is 3. The summed E-state index contributed by atoms with van der Waals surface area (Å²) in [5.41, 5.74) is 3.09. The van der Waals surface area contributed by atoms with E-state index in [9.17, 15) is 9.59 Å². The zero-order valence-corrected chi connectivity index (χ0v) is 22.8. The van der Waals surface area contributed by atoms with E-state index < -0.39 is 6.04 Å². The van der Waals surface area contributed by atoms with Crippen LogP contribution in [0.4, 0.5) is 0 Å². The molecule has 0 aliphatic heterocycles. The van der Waals surface area contributed by atoms with Gasteiger partial charge in [0.25, 0.3) is 0 Å². The zero-order chi connectivity index (χ0) is 27.2. The summed E-state index contributed by atoms with van der Waals surface area (Å²) < 4.78 is 11.2. The minimum Gasteiger partial charge on any atom is -0.497 e. The van der Waals surface area contributed by atoms with Crippen LogP contribution in [0.15, 0.2) is 78.9 Å². The molecule has 6 heteroatoms. The van der Waals surface area contributed by atoms with E-state index in [1.165, 1.54) is 5.56 Å². The molecule has 0 fully saturated rings. The lowest BCUT2D eigenvalue weighted by Gasteiger charge is -2.32. The molecule has 0 saturated carbocycles. The summed E-state index contributed by atoms with van der Waals surface area (Å²) in [6, 6.07) is 24.7. The number of aryl methyl sites for hydroxylation is 1. The lowest BCUT2D eigenvalue weighted by Crippen LogP contribution is -2.50. The molecule has 3 aromatic carbocycles. The third kappa shape index (κ3) is 9.25. The number of hydrogen-bond acceptors (Lipinski definition) is 4. The van der Waals surface area contributed by atoms with Crippen molar-refractivity contribution in [1.29, 1.82) is 0 Å². The van der Waals surface area contributed by atoms with Crippen molar-refractivity contribution >= 4 is 11.8 Å². The lowest BCUT2D eigenvalue weighted by molar-refractivity contribution is -0.141. The summed E-state index contributed by atoms with van der Waals surface area (Å²) >= 11 is 0. The number of ether oxygens (including phenoxy) is 2. The van der Waals surface area contributed by atoms with Crippen LogP contribution in [-0.2, 0) is 22.6 Å². The summed E-state index contributed by atoms with van der Waals surface area (Å²) in [5.74, 6) is 1.29. The largest absolute Gasteiger partial charge is 0.497 e. The summed E-state index contributed by atoms with van der Waals surface area (Å²) in [6.07, 6.45) is 3.15. The molecule has 6 nitrogen and oxygen atoms in total. The third-order valence-electron chi connectivity index (χ3n) is 6.41. The first-order chi connectivity index (χ1) is 18.5. The maximum atomic E-state index is 13.7. The van der Waals surface area contributed by atoms with Crippen LogP contribution in [0.25, 0.3) is 0 Å². The minimum atomic E-state index is -0.633. The van der Waals surface area contributed by atoms with E-state index in [2.05, 4.69) is 12.2 Å². The molecule has 0 saturated heterocycles. The van der Waals surface area contributed by atoms with Crippen LogP contribution in [0.1, 0.15) is 49.3 Å². The van der Waals surface area contributed by atoms with Gasteiger partial charge in [-0.1, -0.05) is 73.5 Å². The van der Waals surface area contributed by atoms with Crippen molar-refractivity contribution < 1.29 is 19.1 Å². The van der Waals surface area contributed by atoms with Gasteiger partial charge in [-0.3, -0.25) is 9.59 Å². The van der Waals surface area contributed by atoms with Gasteiger partial charge in [-0.05, 0) is 55.2 Å². The van der Waals surface area contributed by atoms with Gasteiger partial charge < -0.3 is 19.7 Å². The number of hydrogen-bond donors (Lipinski definition) is 1. The summed E-state index contributed by atoms with van der Waals surface area (Å²) in [4.78, 5) is 28.9. The molecule has 2 amide bonds. The molecule has 3 aromatic rings. The van der Waals surface area contributed by atoms with Gasteiger partial charge >= 0.3 is 0 Å².